The molecule has 0 unspecified atom stereocenters. The molecule has 2 N–H and O–H groups in total. The van der Waals surface area contributed by atoms with E-state index in [1.54, 1.807) is 0 Å². The highest BCUT2D eigenvalue weighted by molar-refractivity contribution is 7.85. The molecule has 0 aliphatic carbocycles. The zero-order valence-corrected chi connectivity index (χ0v) is 8.43. The molecule has 0 bridgehead atoms. The molecule has 14 heavy (non-hydrogen) atoms. The smallest absolute Gasteiger partial charge is 0.261 e. The lowest BCUT2D eigenvalue weighted by atomic mass is 10.7. The SMILES string of the molecule is CS(=O)(=O)OCC(F)(F)F.O=[P+](O)O. The van der Waals surface area contributed by atoms with Gasteiger partial charge in [-0.15, -0.1) is 9.79 Å². The molecule has 0 heterocycles. The number of alkyl halides is 3. The average Bonchev–Trinajstić information content (AvgIpc) is 1.79. The first-order chi connectivity index (χ1) is 5.94. The topological polar surface area (TPSA) is 101 Å². The van der Waals surface area contributed by atoms with Crippen LogP contribution in [0.2, 0.25) is 0 Å². The van der Waals surface area contributed by atoms with Crippen LogP contribution in [0.15, 0.2) is 0 Å². The number of hydrogen-bond donors (Lipinski definition) is 2. The summed E-state index contributed by atoms with van der Waals surface area (Å²) in [5.74, 6) is 0. The highest BCUT2D eigenvalue weighted by Gasteiger charge is 2.29. The highest BCUT2D eigenvalue weighted by atomic mass is 32.2. The largest absolute Gasteiger partial charge is 0.692 e. The summed E-state index contributed by atoms with van der Waals surface area (Å²) in [5.41, 5.74) is 0. The van der Waals surface area contributed by atoms with E-state index in [0.717, 1.165) is 0 Å². The second kappa shape index (κ2) is 6.25. The maximum absolute atomic E-state index is 11.2. The molecule has 0 amide bonds. The van der Waals surface area contributed by atoms with Gasteiger partial charge in [-0.2, -0.15) is 21.6 Å². The van der Waals surface area contributed by atoms with Crippen LogP contribution in [-0.4, -0.2) is 37.2 Å². The van der Waals surface area contributed by atoms with Gasteiger partial charge in [0.05, 0.1) is 6.26 Å². The average molecular weight is 259 g/mol. The fraction of sp³-hybridized carbons (Fsp3) is 1.00. The van der Waals surface area contributed by atoms with Crippen molar-refractivity contribution in [2.45, 2.75) is 6.18 Å². The number of rotatable bonds is 2. The minimum Gasteiger partial charge on any atom is -0.261 e. The van der Waals surface area contributed by atoms with Crippen molar-refractivity contribution >= 4 is 18.4 Å². The summed E-state index contributed by atoms with van der Waals surface area (Å²) in [7, 11) is -6.85. The highest BCUT2D eigenvalue weighted by Crippen LogP contribution is 2.15. The van der Waals surface area contributed by atoms with Crippen LogP contribution in [0.4, 0.5) is 13.2 Å². The zero-order valence-electron chi connectivity index (χ0n) is 6.72. The van der Waals surface area contributed by atoms with E-state index < -0.39 is 31.2 Å². The lowest BCUT2D eigenvalue weighted by Crippen LogP contribution is -2.19. The third-order valence-electron chi connectivity index (χ3n) is 0.437. The standard InChI is InChI=1S/C3H5F3O3S.HO3P/c1-10(7,8)9-2-3(4,5)6;1-4(2)3/h2H2,1H3;(H-,1,2,3)/p+1. The number of hydrogen-bond acceptors (Lipinski definition) is 4. The molecule has 0 saturated heterocycles. The van der Waals surface area contributed by atoms with E-state index in [1.165, 1.54) is 0 Å². The van der Waals surface area contributed by atoms with Gasteiger partial charge in [-0.05, 0) is 0 Å². The summed E-state index contributed by atoms with van der Waals surface area (Å²) < 4.78 is 65.6. The lowest BCUT2D eigenvalue weighted by molar-refractivity contribution is -0.152. The molecular weight excluding hydrogens is 252 g/mol. The molecule has 0 spiro atoms. The Morgan fingerprint density at radius 1 is 1.36 bits per heavy atom. The van der Waals surface area contributed by atoms with Crippen molar-refractivity contribution in [3.8, 4) is 0 Å². The molecule has 11 heteroatoms. The van der Waals surface area contributed by atoms with Crippen molar-refractivity contribution < 1.29 is 40.1 Å². The minimum atomic E-state index is -4.59. The van der Waals surface area contributed by atoms with Crippen LogP contribution in [-0.2, 0) is 18.9 Å². The monoisotopic (exact) mass is 259 g/mol. The van der Waals surface area contributed by atoms with Crippen LogP contribution in [0, 0.1) is 0 Å². The van der Waals surface area contributed by atoms with Crippen molar-refractivity contribution in [2.75, 3.05) is 12.9 Å². The molecule has 0 aliphatic heterocycles. The van der Waals surface area contributed by atoms with Crippen LogP contribution in [0.5, 0.6) is 0 Å². The van der Waals surface area contributed by atoms with Crippen LogP contribution < -0.4 is 0 Å². The fourth-order valence-electron chi connectivity index (χ4n) is 0.174. The van der Waals surface area contributed by atoms with Gasteiger partial charge in [-0.3, -0.25) is 4.18 Å². The number of halogens is 3. The Balaban J connectivity index is 0. The van der Waals surface area contributed by atoms with Gasteiger partial charge in [-0.1, -0.05) is 0 Å². The summed E-state index contributed by atoms with van der Waals surface area (Å²) in [6, 6.07) is 0. The molecule has 0 atom stereocenters. The van der Waals surface area contributed by atoms with Crippen molar-refractivity contribution in [3.63, 3.8) is 0 Å². The normalized spacial score (nSPS) is 11.6. The molecule has 0 fully saturated rings. The molecule has 0 aromatic rings. The molecular formula is C3H7F3O6PS+. The van der Waals surface area contributed by atoms with Crippen LogP contribution >= 0.6 is 8.25 Å². The Morgan fingerprint density at radius 2 is 1.64 bits per heavy atom. The molecule has 0 aliphatic rings. The Labute approximate surface area is 78.4 Å². The fourth-order valence-corrected chi connectivity index (χ4v) is 0.522. The van der Waals surface area contributed by atoms with E-state index in [4.69, 9.17) is 14.4 Å². The first-order valence-corrected chi connectivity index (χ1v) is 5.68. The first-order valence-electron chi connectivity index (χ1n) is 2.70. The molecule has 0 saturated carbocycles. The van der Waals surface area contributed by atoms with Crippen LogP contribution in [0.1, 0.15) is 0 Å². The van der Waals surface area contributed by atoms with Crippen LogP contribution in [0.25, 0.3) is 0 Å². The van der Waals surface area contributed by atoms with Gasteiger partial charge in [0, 0.05) is 4.57 Å². The Kier molecular flexibility index (Phi) is 7.21. The molecule has 0 aromatic carbocycles. The second-order valence-electron chi connectivity index (χ2n) is 1.83. The summed E-state index contributed by atoms with van der Waals surface area (Å²) in [6.07, 6.45) is -4.04. The van der Waals surface area contributed by atoms with Crippen molar-refractivity contribution in [3.05, 3.63) is 0 Å². The maximum atomic E-state index is 11.2. The van der Waals surface area contributed by atoms with Gasteiger partial charge < -0.3 is 0 Å². The van der Waals surface area contributed by atoms with Gasteiger partial charge in [0.25, 0.3) is 10.1 Å². The van der Waals surface area contributed by atoms with E-state index in [2.05, 4.69) is 4.18 Å². The molecule has 86 valence electrons. The van der Waals surface area contributed by atoms with Gasteiger partial charge >= 0.3 is 14.4 Å². The van der Waals surface area contributed by atoms with Gasteiger partial charge in [0.15, 0.2) is 6.61 Å². The van der Waals surface area contributed by atoms with Crippen molar-refractivity contribution in [1.29, 1.82) is 0 Å². The van der Waals surface area contributed by atoms with Crippen molar-refractivity contribution in [2.24, 2.45) is 0 Å². The quantitative estimate of drug-likeness (QED) is 0.541. The van der Waals surface area contributed by atoms with E-state index in [1.807, 2.05) is 0 Å². The Hall–Kier alpha value is -0.280. The zero-order chi connectivity index (χ0) is 12.0. The third-order valence-corrected chi connectivity index (χ3v) is 0.983. The Morgan fingerprint density at radius 3 is 1.71 bits per heavy atom. The maximum Gasteiger partial charge on any atom is 0.692 e. The molecule has 6 nitrogen and oxygen atoms in total. The van der Waals surface area contributed by atoms with E-state index >= 15 is 0 Å². The lowest BCUT2D eigenvalue weighted by Gasteiger charge is -2.03. The molecule has 0 radical (unpaired) electrons. The molecule has 0 rings (SSSR count). The summed E-state index contributed by atoms with van der Waals surface area (Å²) >= 11 is 0. The summed E-state index contributed by atoms with van der Waals surface area (Å²) in [6.45, 7) is -1.76. The summed E-state index contributed by atoms with van der Waals surface area (Å²) in [4.78, 5) is 14.2. The van der Waals surface area contributed by atoms with E-state index in [0.29, 0.717) is 6.26 Å². The minimum absolute atomic E-state index is 0.554. The first kappa shape index (κ1) is 16.2. The predicted molar refractivity (Wildman–Crippen MR) is 38.9 cm³/mol. The van der Waals surface area contributed by atoms with Gasteiger partial charge in [0.1, 0.15) is 0 Å². The second-order valence-corrected chi connectivity index (χ2v) is 3.98. The summed E-state index contributed by atoms with van der Waals surface area (Å²) in [5, 5.41) is 0. The third kappa shape index (κ3) is 29.8. The van der Waals surface area contributed by atoms with Gasteiger partial charge in [-0.25, -0.2) is 0 Å². The van der Waals surface area contributed by atoms with Crippen molar-refractivity contribution in [1.82, 2.24) is 0 Å². The van der Waals surface area contributed by atoms with Crippen LogP contribution in [0.3, 0.4) is 0 Å². The Bertz CT molecular complexity index is 267. The van der Waals surface area contributed by atoms with E-state index in [-0.39, 0.29) is 0 Å². The predicted octanol–water partition coefficient (Wildman–Crippen LogP) is 0.153. The van der Waals surface area contributed by atoms with E-state index in [9.17, 15) is 21.6 Å². The molecule has 0 aromatic heterocycles. The van der Waals surface area contributed by atoms with Gasteiger partial charge in [0.2, 0.25) is 0 Å².